The SMILES string of the molecule is CCN(CC)S(=O)(=O)c1ccc(C(=O)NNc2nc3c(F)cc(F)cc3s2)cc1. The average Bonchev–Trinajstić information content (AvgIpc) is 3.10. The van der Waals surface area contributed by atoms with Gasteiger partial charge in [0.25, 0.3) is 5.91 Å². The van der Waals surface area contributed by atoms with Crippen molar-refractivity contribution in [3.8, 4) is 0 Å². The highest BCUT2D eigenvalue weighted by atomic mass is 32.2. The molecule has 0 bridgehead atoms. The maximum absolute atomic E-state index is 13.7. The molecule has 2 N–H and O–H groups in total. The Labute approximate surface area is 170 Å². The van der Waals surface area contributed by atoms with Crippen LogP contribution in [0.3, 0.4) is 0 Å². The lowest BCUT2D eigenvalue weighted by Gasteiger charge is -2.18. The van der Waals surface area contributed by atoms with Crippen molar-refractivity contribution in [1.82, 2.24) is 14.7 Å². The molecule has 1 amide bonds. The first-order valence-corrected chi connectivity index (χ1v) is 10.9. The predicted octanol–water partition coefficient (Wildman–Crippen LogP) is 3.36. The quantitative estimate of drug-likeness (QED) is 0.550. The van der Waals surface area contributed by atoms with Crippen LogP contribution in [-0.4, -0.2) is 36.7 Å². The zero-order chi connectivity index (χ0) is 21.2. The predicted molar refractivity (Wildman–Crippen MR) is 107 cm³/mol. The summed E-state index contributed by atoms with van der Waals surface area (Å²) < 4.78 is 53.5. The zero-order valence-electron chi connectivity index (χ0n) is 15.6. The van der Waals surface area contributed by atoms with Gasteiger partial charge in [-0.25, -0.2) is 22.2 Å². The Hall–Kier alpha value is -2.63. The first-order chi connectivity index (χ1) is 13.8. The minimum Gasteiger partial charge on any atom is -0.273 e. The van der Waals surface area contributed by atoms with Gasteiger partial charge in [0.15, 0.2) is 5.82 Å². The van der Waals surface area contributed by atoms with Crippen LogP contribution in [0.4, 0.5) is 13.9 Å². The van der Waals surface area contributed by atoms with E-state index in [0.717, 1.165) is 23.5 Å². The van der Waals surface area contributed by atoms with E-state index in [0.29, 0.717) is 17.8 Å². The van der Waals surface area contributed by atoms with Crippen LogP contribution in [0.1, 0.15) is 24.2 Å². The summed E-state index contributed by atoms with van der Waals surface area (Å²) in [4.78, 5) is 16.3. The Morgan fingerprint density at radius 3 is 2.41 bits per heavy atom. The van der Waals surface area contributed by atoms with Crippen molar-refractivity contribution in [3.05, 3.63) is 53.6 Å². The molecule has 0 aliphatic rings. The third kappa shape index (κ3) is 4.36. The molecule has 154 valence electrons. The molecule has 0 fully saturated rings. The Kier molecular flexibility index (Phi) is 6.10. The highest BCUT2D eigenvalue weighted by Gasteiger charge is 2.21. The molecule has 1 heterocycles. The number of halogens is 2. The van der Waals surface area contributed by atoms with Crippen LogP contribution in [0, 0.1) is 11.6 Å². The molecular weight excluding hydrogens is 422 g/mol. The number of amides is 1. The molecule has 0 saturated heterocycles. The standard InChI is InChI=1S/C18H18F2N4O3S2/c1-3-24(4-2)29(26,27)13-7-5-11(6-8-13)17(25)22-23-18-21-16-14(20)9-12(19)10-15(16)28-18/h5-10H,3-4H2,1-2H3,(H,21,23)(H,22,25). The number of thiazole rings is 1. The normalized spacial score (nSPS) is 11.8. The van der Waals surface area contributed by atoms with Crippen molar-refractivity contribution in [2.75, 3.05) is 18.5 Å². The second-order valence-corrected chi connectivity index (χ2v) is 8.91. The van der Waals surface area contributed by atoms with Gasteiger partial charge in [0.05, 0.1) is 9.60 Å². The molecule has 1 aromatic heterocycles. The molecule has 7 nitrogen and oxygen atoms in total. The van der Waals surface area contributed by atoms with Crippen molar-refractivity contribution in [3.63, 3.8) is 0 Å². The lowest BCUT2D eigenvalue weighted by atomic mass is 10.2. The maximum Gasteiger partial charge on any atom is 0.269 e. The van der Waals surface area contributed by atoms with Crippen LogP contribution in [-0.2, 0) is 10.0 Å². The minimum absolute atomic E-state index is 0.000823. The molecule has 0 aliphatic heterocycles. The van der Waals surface area contributed by atoms with Crippen LogP contribution in [0.2, 0.25) is 0 Å². The van der Waals surface area contributed by atoms with Crippen molar-refractivity contribution in [1.29, 1.82) is 0 Å². The van der Waals surface area contributed by atoms with Gasteiger partial charge in [0.1, 0.15) is 11.3 Å². The number of hydrazine groups is 1. The molecule has 0 unspecified atom stereocenters. The summed E-state index contributed by atoms with van der Waals surface area (Å²) in [6.45, 7) is 4.18. The molecule has 3 aromatic rings. The fourth-order valence-corrected chi connectivity index (χ4v) is 5.00. The number of benzene rings is 2. The van der Waals surface area contributed by atoms with E-state index < -0.39 is 27.6 Å². The van der Waals surface area contributed by atoms with Crippen molar-refractivity contribution >= 4 is 42.6 Å². The number of hydrogen-bond acceptors (Lipinski definition) is 6. The monoisotopic (exact) mass is 440 g/mol. The molecule has 0 aliphatic carbocycles. The largest absolute Gasteiger partial charge is 0.273 e. The molecule has 3 rings (SSSR count). The van der Waals surface area contributed by atoms with E-state index in [1.165, 1.54) is 28.6 Å². The molecule has 0 saturated carbocycles. The van der Waals surface area contributed by atoms with Crippen LogP contribution >= 0.6 is 11.3 Å². The first kappa shape index (κ1) is 21.1. The number of anilines is 1. The summed E-state index contributed by atoms with van der Waals surface area (Å²) in [6.07, 6.45) is 0. The van der Waals surface area contributed by atoms with Gasteiger partial charge in [-0.2, -0.15) is 4.31 Å². The van der Waals surface area contributed by atoms with Gasteiger partial charge < -0.3 is 0 Å². The summed E-state index contributed by atoms with van der Waals surface area (Å²) in [6, 6.07) is 7.38. The molecule has 0 spiro atoms. The second-order valence-electron chi connectivity index (χ2n) is 5.95. The molecule has 0 radical (unpaired) electrons. The minimum atomic E-state index is -3.61. The Morgan fingerprint density at radius 1 is 1.14 bits per heavy atom. The number of aromatic nitrogens is 1. The van der Waals surface area contributed by atoms with Crippen molar-refractivity contribution in [2.24, 2.45) is 0 Å². The van der Waals surface area contributed by atoms with Gasteiger partial charge in [0.2, 0.25) is 15.2 Å². The summed E-state index contributed by atoms with van der Waals surface area (Å²) in [5.74, 6) is -2.04. The number of nitrogens with zero attached hydrogens (tertiary/aromatic N) is 2. The number of sulfonamides is 1. The van der Waals surface area contributed by atoms with E-state index in [4.69, 9.17) is 0 Å². The van der Waals surface area contributed by atoms with Crippen molar-refractivity contribution < 1.29 is 22.0 Å². The lowest BCUT2D eigenvalue weighted by Crippen LogP contribution is -2.31. The van der Waals surface area contributed by atoms with E-state index in [1.54, 1.807) is 13.8 Å². The van der Waals surface area contributed by atoms with Gasteiger partial charge in [0, 0.05) is 24.7 Å². The second kappa shape index (κ2) is 8.39. The van der Waals surface area contributed by atoms with E-state index in [1.807, 2.05) is 0 Å². The number of carbonyl (C=O) groups excluding carboxylic acids is 1. The molecule has 2 aromatic carbocycles. The molecule has 11 heteroatoms. The zero-order valence-corrected chi connectivity index (χ0v) is 17.2. The molecular formula is C18H18F2N4O3S2. The number of nitrogens with one attached hydrogen (secondary N) is 2. The van der Waals surface area contributed by atoms with Crippen LogP contribution in [0.15, 0.2) is 41.3 Å². The topological polar surface area (TPSA) is 91.4 Å². The van der Waals surface area contributed by atoms with Gasteiger partial charge in [-0.15, -0.1) is 0 Å². The summed E-state index contributed by atoms with van der Waals surface area (Å²) in [5, 5.41) is 0.179. The first-order valence-electron chi connectivity index (χ1n) is 8.68. The number of fused-ring (bicyclic) bond motifs is 1. The number of hydrogen-bond donors (Lipinski definition) is 2. The average molecular weight is 440 g/mol. The van der Waals surface area contributed by atoms with E-state index >= 15 is 0 Å². The third-order valence-electron chi connectivity index (χ3n) is 4.16. The van der Waals surface area contributed by atoms with Crippen LogP contribution in [0.5, 0.6) is 0 Å². The maximum atomic E-state index is 13.7. The van der Waals surface area contributed by atoms with Crippen LogP contribution in [0.25, 0.3) is 10.2 Å². The number of rotatable bonds is 7. The Morgan fingerprint density at radius 2 is 1.79 bits per heavy atom. The Balaban J connectivity index is 1.71. The fraction of sp³-hybridized carbons (Fsp3) is 0.222. The van der Waals surface area contributed by atoms with Crippen molar-refractivity contribution in [2.45, 2.75) is 18.7 Å². The molecule has 0 atom stereocenters. The van der Waals surface area contributed by atoms with E-state index in [2.05, 4.69) is 15.8 Å². The summed E-state index contributed by atoms with van der Waals surface area (Å²) in [7, 11) is -3.61. The van der Waals surface area contributed by atoms with Gasteiger partial charge in [-0.3, -0.25) is 15.6 Å². The Bertz CT molecular complexity index is 1140. The third-order valence-corrected chi connectivity index (χ3v) is 7.14. The van der Waals surface area contributed by atoms with Gasteiger partial charge in [-0.05, 0) is 30.3 Å². The molecule has 29 heavy (non-hydrogen) atoms. The van der Waals surface area contributed by atoms with Gasteiger partial charge >= 0.3 is 0 Å². The smallest absolute Gasteiger partial charge is 0.269 e. The van der Waals surface area contributed by atoms with Crippen LogP contribution < -0.4 is 10.9 Å². The van der Waals surface area contributed by atoms with Gasteiger partial charge in [-0.1, -0.05) is 25.2 Å². The summed E-state index contributed by atoms with van der Waals surface area (Å²) in [5.41, 5.74) is 5.17. The highest BCUT2D eigenvalue weighted by Crippen LogP contribution is 2.28. The van der Waals surface area contributed by atoms with E-state index in [9.17, 15) is 22.0 Å². The highest BCUT2D eigenvalue weighted by molar-refractivity contribution is 7.89. The van der Waals surface area contributed by atoms with E-state index in [-0.39, 0.29) is 21.1 Å². The number of carbonyl (C=O) groups is 1. The summed E-state index contributed by atoms with van der Waals surface area (Å²) >= 11 is 0.975. The fourth-order valence-electron chi connectivity index (χ4n) is 2.68. The lowest BCUT2D eigenvalue weighted by molar-refractivity contribution is 0.0962.